The van der Waals surface area contributed by atoms with Crippen molar-refractivity contribution in [2.45, 2.75) is 33.2 Å². The molecule has 0 aliphatic rings. The van der Waals surface area contributed by atoms with Crippen molar-refractivity contribution >= 4 is 5.69 Å². The van der Waals surface area contributed by atoms with Crippen molar-refractivity contribution in [1.29, 1.82) is 0 Å². The summed E-state index contributed by atoms with van der Waals surface area (Å²) < 4.78 is 1.81. The molecular formula is C10H19N3. The molecule has 3 heteroatoms. The number of hydrogen-bond donors (Lipinski definition) is 1. The molecule has 3 nitrogen and oxygen atoms in total. The molecule has 1 N–H and O–H groups in total. The second-order valence-corrected chi connectivity index (χ2v) is 3.72. The van der Waals surface area contributed by atoms with Gasteiger partial charge in [0.25, 0.3) is 0 Å². The minimum Gasteiger partial charge on any atom is -0.380 e. The zero-order valence-electron chi connectivity index (χ0n) is 8.91. The average Bonchev–Trinajstić information content (AvgIpc) is 2.49. The molecule has 0 saturated carbocycles. The molecule has 2 atom stereocenters. The third-order valence-corrected chi connectivity index (χ3v) is 2.60. The average molecular weight is 181 g/mol. The Kier molecular flexibility index (Phi) is 3.34. The van der Waals surface area contributed by atoms with Crippen molar-refractivity contribution in [3.63, 3.8) is 0 Å². The van der Waals surface area contributed by atoms with Gasteiger partial charge in [-0.05, 0) is 12.8 Å². The Morgan fingerprint density at radius 2 is 2.23 bits per heavy atom. The van der Waals surface area contributed by atoms with Crippen LogP contribution in [0.25, 0.3) is 0 Å². The van der Waals surface area contributed by atoms with E-state index in [0.717, 1.165) is 5.69 Å². The summed E-state index contributed by atoms with van der Waals surface area (Å²) in [5.74, 6) is 0.695. The molecule has 0 radical (unpaired) electrons. The maximum atomic E-state index is 4.11. The smallest absolute Gasteiger partial charge is 0.0728 e. The van der Waals surface area contributed by atoms with Gasteiger partial charge in [0.05, 0.1) is 11.9 Å². The largest absolute Gasteiger partial charge is 0.380 e. The highest BCUT2D eigenvalue weighted by Crippen LogP contribution is 2.13. The van der Waals surface area contributed by atoms with Crippen molar-refractivity contribution in [2.75, 3.05) is 5.32 Å². The minimum atomic E-state index is 0.509. The van der Waals surface area contributed by atoms with Gasteiger partial charge in [0, 0.05) is 19.3 Å². The first-order chi connectivity index (χ1) is 6.13. The van der Waals surface area contributed by atoms with E-state index in [9.17, 15) is 0 Å². The zero-order chi connectivity index (χ0) is 9.84. The van der Waals surface area contributed by atoms with Crippen molar-refractivity contribution in [1.82, 2.24) is 9.78 Å². The molecule has 0 aliphatic carbocycles. The summed E-state index contributed by atoms with van der Waals surface area (Å²) in [5, 5.41) is 7.54. The Morgan fingerprint density at radius 3 is 2.69 bits per heavy atom. The highest BCUT2D eigenvalue weighted by atomic mass is 15.3. The van der Waals surface area contributed by atoms with Gasteiger partial charge in [-0.3, -0.25) is 4.68 Å². The van der Waals surface area contributed by atoms with E-state index >= 15 is 0 Å². The van der Waals surface area contributed by atoms with Gasteiger partial charge in [-0.25, -0.2) is 0 Å². The number of nitrogens with one attached hydrogen (secondary N) is 1. The molecule has 13 heavy (non-hydrogen) atoms. The zero-order valence-corrected chi connectivity index (χ0v) is 8.91. The maximum Gasteiger partial charge on any atom is 0.0728 e. The van der Waals surface area contributed by atoms with Crippen molar-refractivity contribution in [3.8, 4) is 0 Å². The summed E-state index contributed by atoms with van der Waals surface area (Å²) in [6.45, 7) is 6.68. The van der Waals surface area contributed by atoms with Crippen LogP contribution in [0.5, 0.6) is 0 Å². The van der Waals surface area contributed by atoms with Gasteiger partial charge in [-0.15, -0.1) is 0 Å². The number of rotatable bonds is 4. The molecule has 0 aromatic carbocycles. The molecule has 74 valence electrons. The summed E-state index contributed by atoms with van der Waals surface area (Å²) in [6.07, 6.45) is 5.06. The van der Waals surface area contributed by atoms with E-state index in [1.807, 2.05) is 24.1 Å². The van der Waals surface area contributed by atoms with Crippen LogP contribution < -0.4 is 5.32 Å². The Balaban J connectivity index is 2.49. The van der Waals surface area contributed by atoms with Gasteiger partial charge < -0.3 is 5.32 Å². The number of anilines is 1. The predicted molar refractivity (Wildman–Crippen MR) is 55.7 cm³/mol. The summed E-state index contributed by atoms with van der Waals surface area (Å²) in [5.41, 5.74) is 1.11. The van der Waals surface area contributed by atoms with Gasteiger partial charge in [-0.2, -0.15) is 5.10 Å². The molecule has 0 saturated heterocycles. The monoisotopic (exact) mass is 181 g/mol. The van der Waals surface area contributed by atoms with Crippen LogP contribution >= 0.6 is 0 Å². The van der Waals surface area contributed by atoms with Gasteiger partial charge >= 0.3 is 0 Å². The molecule has 1 aromatic heterocycles. The third kappa shape index (κ3) is 2.76. The molecule has 1 rings (SSSR count). The van der Waals surface area contributed by atoms with Crippen LogP contribution in [0, 0.1) is 5.92 Å². The summed E-state index contributed by atoms with van der Waals surface area (Å²) >= 11 is 0. The third-order valence-electron chi connectivity index (χ3n) is 2.60. The topological polar surface area (TPSA) is 29.9 Å². The molecule has 0 spiro atoms. The van der Waals surface area contributed by atoms with Crippen LogP contribution in [0.1, 0.15) is 27.2 Å². The van der Waals surface area contributed by atoms with E-state index in [4.69, 9.17) is 0 Å². The van der Waals surface area contributed by atoms with Crippen LogP contribution in [0.4, 0.5) is 5.69 Å². The van der Waals surface area contributed by atoms with Crippen LogP contribution in [-0.2, 0) is 7.05 Å². The molecular weight excluding hydrogens is 162 g/mol. The fourth-order valence-electron chi connectivity index (χ4n) is 1.25. The number of hydrogen-bond acceptors (Lipinski definition) is 2. The molecule has 0 aliphatic heterocycles. The van der Waals surface area contributed by atoms with Gasteiger partial charge in [-0.1, -0.05) is 20.3 Å². The Hall–Kier alpha value is -0.990. The van der Waals surface area contributed by atoms with E-state index in [1.54, 1.807) is 0 Å². The SMILES string of the molecule is CC[C@@H](C)[C@H](C)Nc1cnn(C)c1. The van der Waals surface area contributed by atoms with E-state index in [-0.39, 0.29) is 0 Å². The standard InChI is InChI=1S/C10H19N3/c1-5-8(2)9(3)12-10-6-11-13(4)7-10/h6-9,12H,5H2,1-4H3/t8-,9+/m1/s1. The Morgan fingerprint density at radius 1 is 1.54 bits per heavy atom. The second-order valence-electron chi connectivity index (χ2n) is 3.72. The lowest BCUT2D eigenvalue weighted by Crippen LogP contribution is -2.22. The lowest BCUT2D eigenvalue weighted by atomic mass is 10.0. The normalized spacial score (nSPS) is 15.4. The lowest BCUT2D eigenvalue weighted by Gasteiger charge is -2.19. The minimum absolute atomic E-state index is 0.509. The molecule has 1 aromatic rings. The van der Waals surface area contributed by atoms with Gasteiger partial charge in [0.2, 0.25) is 0 Å². The maximum absolute atomic E-state index is 4.11. The quantitative estimate of drug-likeness (QED) is 0.772. The molecule has 0 unspecified atom stereocenters. The number of aryl methyl sites for hydroxylation is 1. The Bertz CT molecular complexity index is 254. The lowest BCUT2D eigenvalue weighted by molar-refractivity contribution is 0.494. The van der Waals surface area contributed by atoms with Crippen LogP contribution in [-0.4, -0.2) is 15.8 Å². The van der Waals surface area contributed by atoms with Gasteiger partial charge in [0.15, 0.2) is 0 Å². The van der Waals surface area contributed by atoms with E-state index in [1.165, 1.54) is 6.42 Å². The number of aromatic nitrogens is 2. The second kappa shape index (κ2) is 4.30. The highest BCUT2D eigenvalue weighted by Gasteiger charge is 2.09. The van der Waals surface area contributed by atoms with Crippen molar-refractivity contribution in [2.24, 2.45) is 13.0 Å². The van der Waals surface area contributed by atoms with Crippen LogP contribution in [0.15, 0.2) is 12.4 Å². The van der Waals surface area contributed by atoms with E-state index in [0.29, 0.717) is 12.0 Å². The fraction of sp³-hybridized carbons (Fsp3) is 0.700. The van der Waals surface area contributed by atoms with Crippen LogP contribution in [0.3, 0.4) is 0 Å². The molecule has 1 heterocycles. The molecule has 0 amide bonds. The highest BCUT2D eigenvalue weighted by molar-refractivity contribution is 5.39. The summed E-state index contributed by atoms with van der Waals surface area (Å²) in [7, 11) is 1.93. The van der Waals surface area contributed by atoms with Crippen molar-refractivity contribution in [3.05, 3.63) is 12.4 Å². The van der Waals surface area contributed by atoms with E-state index in [2.05, 4.69) is 31.2 Å². The van der Waals surface area contributed by atoms with Crippen LogP contribution in [0.2, 0.25) is 0 Å². The number of nitrogens with zero attached hydrogens (tertiary/aromatic N) is 2. The molecule has 0 fully saturated rings. The van der Waals surface area contributed by atoms with Crippen molar-refractivity contribution < 1.29 is 0 Å². The fourth-order valence-corrected chi connectivity index (χ4v) is 1.25. The summed E-state index contributed by atoms with van der Waals surface area (Å²) in [4.78, 5) is 0. The van der Waals surface area contributed by atoms with E-state index < -0.39 is 0 Å². The summed E-state index contributed by atoms with van der Waals surface area (Å²) in [6, 6.07) is 0.509. The van der Waals surface area contributed by atoms with Gasteiger partial charge in [0.1, 0.15) is 0 Å². The first kappa shape index (κ1) is 10.1. The first-order valence-corrected chi connectivity index (χ1v) is 4.88. The molecule has 0 bridgehead atoms. The Labute approximate surface area is 80.1 Å². The first-order valence-electron chi connectivity index (χ1n) is 4.88. The predicted octanol–water partition coefficient (Wildman–Crippen LogP) is 2.27.